The van der Waals surface area contributed by atoms with Gasteiger partial charge in [-0.15, -0.1) is 0 Å². The minimum atomic E-state index is -0.718. The molecule has 0 aromatic carbocycles. The Morgan fingerprint density at radius 2 is 1.54 bits per heavy atom. The van der Waals surface area contributed by atoms with E-state index in [0.717, 1.165) is 19.3 Å². The van der Waals surface area contributed by atoms with Crippen LogP contribution < -0.4 is 0 Å². The highest BCUT2D eigenvalue weighted by molar-refractivity contribution is 5.66. The van der Waals surface area contributed by atoms with Crippen molar-refractivity contribution in [3.63, 3.8) is 0 Å². The summed E-state index contributed by atoms with van der Waals surface area (Å²) in [4.78, 5) is 10.8. The van der Waals surface area contributed by atoms with Crippen molar-refractivity contribution in [3.05, 3.63) is 36.0 Å². The molecule has 4 saturated carbocycles. The van der Waals surface area contributed by atoms with Gasteiger partial charge in [-0.3, -0.25) is 4.79 Å². The molecule has 41 heavy (non-hydrogen) atoms. The third-order valence-corrected chi connectivity index (χ3v) is 14.3. The van der Waals surface area contributed by atoms with Crippen LogP contribution in [-0.4, -0.2) is 22.3 Å². The van der Waals surface area contributed by atoms with Gasteiger partial charge >= 0.3 is 5.97 Å². The number of allylic oxidation sites excluding steroid dienone is 6. The Kier molecular flexibility index (Phi) is 8.09. The van der Waals surface area contributed by atoms with Crippen LogP contribution in [0.3, 0.4) is 0 Å². The number of carbonyl (C=O) groups is 1. The molecule has 0 spiro atoms. The molecule has 3 unspecified atom stereocenters. The van der Waals surface area contributed by atoms with Gasteiger partial charge in [-0.05, 0) is 134 Å². The lowest BCUT2D eigenvalue weighted by Gasteiger charge is -2.71. The summed E-state index contributed by atoms with van der Waals surface area (Å²) in [5.74, 6) is 1.22. The number of carboxylic acid groups (broad SMARTS) is 1. The maximum atomic E-state index is 11.0. The van der Waals surface area contributed by atoms with Crippen LogP contribution in [0.2, 0.25) is 0 Å². The van der Waals surface area contributed by atoms with E-state index in [4.69, 9.17) is 5.11 Å². The SMILES string of the molecule is CC1(C)CC[C@]2(/C=C/CC/C=C/CCC(=O)O)CC[C@]3(C)C(=CCC4[C@@]5(C)CC[C@H](O)C(C)(C)C5CC[C@]43C)C2C1. The fourth-order valence-corrected chi connectivity index (χ4v) is 11.5. The van der Waals surface area contributed by atoms with Crippen LogP contribution in [0.4, 0.5) is 0 Å². The maximum Gasteiger partial charge on any atom is 0.303 e. The number of fused-ring (bicyclic) bond motifs is 7. The first-order valence-corrected chi connectivity index (χ1v) is 17.0. The summed E-state index contributed by atoms with van der Waals surface area (Å²) in [7, 11) is 0. The summed E-state index contributed by atoms with van der Waals surface area (Å²) in [6.07, 6.45) is 27.2. The molecule has 0 aliphatic heterocycles. The first-order chi connectivity index (χ1) is 19.1. The van der Waals surface area contributed by atoms with E-state index in [-0.39, 0.29) is 28.8 Å². The number of hydrogen-bond donors (Lipinski definition) is 2. The molecule has 0 saturated heterocycles. The van der Waals surface area contributed by atoms with Crippen molar-refractivity contribution in [2.45, 2.75) is 144 Å². The Morgan fingerprint density at radius 3 is 2.27 bits per heavy atom. The van der Waals surface area contributed by atoms with Crippen molar-refractivity contribution >= 4 is 5.97 Å². The second-order valence-electron chi connectivity index (χ2n) is 17.2. The van der Waals surface area contributed by atoms with Crippen LogP contribution in [0.5, 0.6) is 0 Å². The first kappa shape index (κ1) is 31.1. The highest BCUT2D eigenvalue weighted by Crippen LogP contribution is 2.75. The number of aliphatic hydroxyl groups is 1. The van der Waals surface area contributed by atoms with Gasteiger partial charge in [0, 0.05) is 6.42 Å². The van der Waals surface area contributed by atoms with E-state index < -0.39 is 5.97 Å². The molecule has 3 heteroatoms. The lowest BCUT2D eigenvalue weighted by atomic mass is 9.33. The average Bonchev–Trinajstić information content (AvgIpc) is 2.88. The minimum Gasteiger partial charge on any atom is -0.481 e. The van der Waals surface area contributed by atoms with Gasteiger partial charge in [-0.1, -0.05) is 84.4 Å². The average molecular weight is 565 g/mol. The number of carboxylic acids is 1. The van der Waals surface area contributed by atoms with Crippen molar-refractivity contribution in [3.8, 4) is 0 Å². The Morgan fingerprint density at radius 1 is 0.854 bits per heavy atom. The van der Waals surface area contributed by atoms with Crippen LogP contribution in [0.1, 0.15) is 138 Å². The van der Waals surface area contributed by atoms with E-state index in [1.807, 2.05) is 11.6 Å². The molecule has 0 aromatic heterocycles. The largest absolute Gasteiger partial charge is 0.481 e. The third kappa shape index (κ3) is 5.02. The molecule has 5 aliphatic rings. The molecule has 0 heterocycles. The Hall–Kier alpha value is -1.35. The molecule has 0 amide bonds. The molecule has 230 valence electrons. The lowest BCUT2D eigenvalue weighted by Crippen LogP contribution is -2.64. The fourth-order valence-electron chi connectivity index (χ4n) is 11.5. The summed E-state index contributed by atoms with van der Waals surface area (Å²) >= 11 is 0. The van der Waals surface area contributed by atoms with E-state index in [0.29, 0.717) is 40.4 Å². The van der Waals surface area contributed by atoms with Gasteiger partial charge in [0.15, 0.2) is 0 Å². The molecule has 5 aliphatic carbocycles. The molecule has 3 nitrogen and oxygen atoms in total. The van der Waals surface area contributed by atoms with E-state index in [1.54, 1.807) is 0 Å². The van der Waals surface area contributed by atoms with Crippen LogP contribution in [0.15, 0.2) is 36.0 Å². The van der Waals surface area contributed by atoms with Gasteiger partial charge in [0.2, 0.25) is 0 Å². The molecule has 0 radical (unpaired) electrons. The van der Waals surface area contributed by atoms with Crippen LogP contribution in [0.25, 0.3) is 0 Å². The topological polar surface area (TPSA) is 57.5 Å². The molecular formula is C38H60O3. The highest BCUT2D eigenvalue weighted by Gasteiger charge is 2.68. The number of aliphatic carboxylic acids is 1. The van der Waals surface area contributed by atoms with Crippen molar-refractivity contribution in [2.24, 2.45) is 50.2 Å². The summed E-state index contributed by atoms with van der Waals surface area (Å²) < 4.78 is 0. The van der Waals surface area contributed by atoms with Gasteiger partial charge < -0.3 is 10.2 Å². The number of rotatable bonds is 7. The number of hydrogen-bond acceptors (Lipinski definition) is 2. The van der Waals surface area contributed by atoms with Gasteiger partial charge in [-0.25, -0.2) is 0 Å². The lowest BCUT2D eigenvalue weighted by molar-refractivity contribution is -0.202. The highest BCUT2D eigenvalue weighted by atomic mass is 16.4. The van der Waals surface area contributed by atoms with Crippen molar-refractivity contribution < 1.29 is 15.0 Å². The normalized spacial score (nSPS) is 44.9. The Labute approximate surface area is 251 Å². The second-order valence-corrected chi connectivity index (χ2v) is 17.2. The maximum absolute atomic E-state index is 11.0. The summed E-state index contributed by atoms with van der Waals surface area (Å²) in [5, 5.41) is 19.9. The fraction of sp³-hybridized carbons (Fsp3) is 0.816. The predicted molar refractivity (Wildman–Crippen MR) is 169 cm³/mol. The van der Waals surface area contributed by atoms with Gasteiger partial charge in [0.25, 0.3) is 0 Å². The quantitative estimate of drug-likeness (QED) is 0.239. The Balaban J connectivity index is 1.42. The van der Waals surface area contributed by atoms with Crippen LogP contribution >= 0.6 is 0 Å². The van der Waals surface area contributed by atoms with Crippen molar-refractivity contribution in [2.75, 3.05) is 0 Å². The van der Waals surface area contributed by atoms with Gasteiger partial charge in [0.05, 0.1) is 6.10 Å². The van der Waals surface area contributed by atoms with E-state index in [9.17, 15) is 9.90 Å². The zero-order valence-electron chi connectivity index (χ0n) is 27.4. The molecular weight excluding hydrogens is 504 g/mol. The minimum absolute atomic E-state index is 0.00454. The molecule has 0 bridgehead atoms. The molecule has 0 aromatic rings. The van der Waals surface area contributed by atoms with Gasteiger partial charge in [-0.2, -0.15) is 0 Å². The third-order valence-electron chi connectivity index (χ3n) is 14.3. The monoisotopic (exact) mass is 564 g/mol. The zero-order valence-corrected chi connectivity index (χ0v) is 27.4. The summed E-state index contributed by atoms with van der Waals surface area (Å²) in [5.41, 5.74) is 3.37. The number of unbranched alkanes of at least 4 members (excludes halogenated alkanes) is 1. The molecule has 2 N–H and O–H groups in total. The number of aliphatic hydroxyl groups excluding tert-OH is 1. The Bertz CT molecular complexity index is 1090. The van der Waals surface area contributed by atoms with Crippen LogP contribution in [0, 0.1) is 50.2 Å². The summed E-state index contributed by atoms with van der Waals surface area (Å²) in [6, 6.07) is 0. The van der Waals surface area contributed by atoms with E-state index in [1.165, 1.54) is 57.8 Å². The predicted octanol–water partition coefficient (Wildman–Crippen LogP) is 9.91. The van der Waals surface area contributed by atoms with Crippen molar-refractivity contribution in [1.29, 1.82) is 0 Å². The summed E-state index contributed by atoms with van der Waals surface area (Å²) in [6.45, 7) is 17.7. The standard InChI is InChI=1S/C38H60O3/c1-33(2)22-24-38(19-13-11-9-8-10-12-14-32(40)41)25-23-36(6)27(28(38)26-33)15-16-30-35(5)20-18-31(39)34(3,4)29(35)17-21-37(30,36)7/h8,10,13,15,19,28-31,39H,9,11-12,14,16-18,20-26H2,1-7H3,(H,40,41)/b10-8+,19-13+/t28?,29?,30?,31-,35-,36+,37+,38+/m0/s1. The molecule has 5 rings (SSSR count). The zero-order chi connectivity index (χ0) is 29.9. The van der Waals surface area contributed by atoms with Crippen LogP contribution in [-0.2, 0) is 4.79 Å². The molecule has 8 atom stereocenters. The second kappa shape index (κ2) is 10.7. The first-order valence-electron chi connectivity index (χ1n) is 17.0. The molecule has 4 fully saturated rings. The van der Waals surface area contributed by atoms with Gasteiger partial charge in [0.1, 0.15) is 0 Å². The smallest absolute Gasteiger partial charge is 0.303 e. The van der Waals surface area contributed by atoms with E-state index >= 15 is 0 Å². The van der Waals surface area contributed by atoms with Crippen molar-refractivity contribution in [1.82, 2.24) is 0 Å². The van der Waals surface area contributed by atoms with E-state index in [2.05, 4.69) is 72.8 Å².